The molecule has 29 heteroatoms. The van der Waals surface area contributed by atoms with Crippen LogP contribution in [0.15, 0.2) is 324 Å². The van der Waals surface area contributed by atoms with E-state index in [-0.39, 0.29) is 87.9 Å². The molecule has 12 heterocycles. The Morgan fingerprint density at radius 1 is 0.300 bits per heavy atom. The standard InChI is InChI=1S/2C29H29N5O2.C27H27N5O4.C26H30N4O2/c1-20(2)17-34-26-24(28(35)32(3)29(34)36)19-33(27(26)31-23-9-5-4-6-10-23)18-21-12-14-22(15-13-21)25-11-7-8-16-30-25;1-20(2)17-34-25-19-33(18-21-12-14-22(15-13-21)24-11-7-8-16-30-24)27(31-23-9-5-4-6-10-23)26(25)28(35)32(3)29(34)36;1-17(2)14-31-24-20(26(35)29(3)27(31)36)16-30(25(24)32-22(33)11-12-23(32)34)15-18-7-9-19(10-8-18)21-6-4-5-13-28-21;1-5-19-11-13-20(14-12-19)16-29-17-22-23(24(29)27-21-9-7-6-8-10-21)25(31)28(4)26(32)30(22)15-18(2)3/h2*4-16,19-20,31H,17-18H2,1-3H3;4-10,13,16-17H,11-12,14-15H2,1-3H3;6-14,17-18,27H,5,15-16H2,1-4H3. The van der Waals surface area contributed by atoms with E-state index in [1.807, 2.05) is 216 Å². The average Bonchev–Trinajstić information content (AvgIpc) is 1.58. The number of aromatic nitrogens is 15. The number of nitrogens with zero attached hydrogens (tertiary/aromatic N) is 16. The summed E-state index contributed by atoms with van der Waals surface area (Å²) in [6, 6.07) is 79.6. The molecule has 29 nitrogen and oxygen atoms in total. The SMILES string of the molecule is CC(C)Cn1c(=O)n(C)c(=O)c2c(Nc3ccccc3)n(Cc3ccc(-c4ccccn4)cc3)cc21.CC(C)Cn1c(=O)n(C)c(=O)c2cn(Cc3ccc(-c4ccccn4)cc3)c(N3C(=O)CCC3=O)c21.CC(C)Cn1c(=O)n(C)c(=O)c2cn(Cc3ccc(-c4ccccn4)cc3)c(Nc3ccccc3)c21.CCc1ccc(Cn2cc3c(c2Nc2ccccc2)c(=O)n(C)c(=O)n3CC(C)C)cc1. The highest BCUT2D eigenvalue weighted by Gasteiger charge is 2.37. The fourth-order valence-corrected chi connectivity index (χ4v) is 17.7. The number of anilines is 7. The molecular weight excluding hydrogens is 1760 g/mol. The maximum absolute atomic E-state index is 13.4. The van der Waals surface area contributed by atoms with Crippen LogP contribution in [0.2, 0.25) is 0 Å². The molecule has 0 bridgehead atoms. The average molecular weight is 1880 g/mol. The van der Waals surface area contributed by atoms with Gasteiger partial charge in [0.15, 0.2) is 0 Å². The van der Waals surface area contributed by atoms with Crippen molar-refractivity contribution in [3.8, 4) is 33.8 Å². The second kappa shape index (κ2) is 42.4. The minimum Gasteiger partial charge on any atom is -0.341 e. The molecule has 0 aliphatic carbocycles. The first kappa shape index (κ1) is 96.5. The molecule has 3 N–H and O–H groups in total. The number of imide groups is 1. The van der Waals surface area contributed by atoms with Gasteiger partial charge in [0.2, 0.25) is 11.8 Å². The van der Waals surface area contributed by atoms with Crippen LogP contribution < -0.4 is 65.8 Å². The number of hydrogen-bond acceptors (Lipinski definition) is 16. The zero-order chi connectivity index (χ0) is 98.9. The molecule has 0 spiro atoms. The van der Waals surface area contributed by atoms with Crippen molar-refractivity contribution in [1.29, 1.82) is 0 Å². The quantitative estimate of drug-likeness (QED) is 0.0403. The van der Waals surface area contributed by atoms with Crippen LogP contribution in [0.3, 0.4) is 0 Å². The minimum atomic E-state index is -0.473. The molecule has 1 saturated heterocycles. The Bertz CT molecular complexity index is 7970. The monoisotopic (exact) mass is 1870 g/mol. The molecule has 714 valence electrons. The zero-order valence-corrected chi connectivity index (χ0v) is 81.0. The minimum absolute atomic E-state index is 0.101. The lowest BCUT2D eigenvalue weighted by Crippen LogP contribution is -2.39. The third kappa shape index (κ3) is 20.9. The number of fused-ring (bicyclic) bond motifs is 4. The second-order valence-electron chi connectivity index (χ2n) is 37.0. The second-order valence-corrected chi connectivity index (χ2v) is 37.0. The summed E-state index contributed by atoms with van der Waals surface area (Å²) in [7, 11) is 6.08. The molecule has 140 heavy (non-hydrogen) atoms. The van der Waals surface area contributed by atoms with E-state index in [2.05, 4.69) is 152 Å². The molecule has 0 saturated carbocycles. The molecule has 2 amide bonds. The van der Waals surface area contributed by atoms with E-state index in [9.17, 15) is 47.9 Å². The van der Waals surface area contributed by atoms with Crippen molar-refractivity contribution in [2.24, 2.45) is 51.9 Å². The van der Waals surface area contributed by atoms with Gasteiger partial charge in [0.25, 0.3) is 22.2 Å². The number of rotatable bonds is 27. The highest BCUT2D eigenvalue weighted by molar-refractivity contribution is 6.22. The molecule has 11 aromatic heterocycles. The lowest BCUT2D eigenvalue weighted by Gasteiger charge is -2.20. The molecule has 18 aromatic rings. The topological polar surface area (TPSA) is 308 Å². The van der Waals surface area contributed by atoms with Gasteiger partial charge < -0.3 is 34.2 Å². The lowest BCUT2D eigenvalue weighted by atomic mass is 10.1. The van der Waals surface area contributed by atoms with E-state index < -0.39 is 11.2 Å². The fraction of sp³-hybridized carbons (Fsp3) is 0.252. The van der Waals surface area contributed by atoms with Crippen molar-refractivity contribution >= 4 is 95.8 Å². The normalized spacial score (nSPS) is 12.0. The molecule has 7 aromatic carbocycles. The number of carbonyl (C=O) groups excluding carboxylic acids is 2. The van der Waals surface area contributed by atoms with Crippen molar-refractivity contribution in [3.63, 3.8) is 0 Å². The van der Waals surface area contributed by atoms with E-state index in [0.717, 1.165) is 94.8 Å². The summed E-state index contributed by atoms with van der Waals surface area (Å²) in [5.74, 6) is 2.54. The van der Waals surface area contributed by atoms with Crippen molar-refractivity contribution in [3.05, 3.63) is 397 Å². The first-order valence-corrected chi connectivity index (χ1v) is 47.2. The molecule has 0 atom stereocenters. The fourth-order valence-electron chi connectivity index (χ4n) is 17.7. The van der Waals surface area contributed by atoms with Crippen molar-refractivity contribution in [2.45, 2.75) is 134 Å². The summed E-state index contributed by atoms with van der Waals surface area (Å²) in [6.45, 7) is 22.3. The predicted molar refractivity (Wildman–Crippen MR) is 557 cm³/mol. The third-order valence-electron chi connectivity index (χ3n) is 24.6. The number of carbonyl (C=O) groups is 2. The predicted octanol–water partition coefficient (Wildman–Crippen LogP) is 17.5. The van der Waals surface area contributed by atoms with Gasteiger partial charge in [0.05, 0.1) is 38.9 Å². The number of para-hydroxylation sites is 3. The molecular formula is C111H115N19O10. The first-order valence-electron chi connectivity index (χ1n) is 47.2. The van der Waals surface area contributed by atoms with Crippen LogP contribution >= 0.6 is 0 Å². The van der Waals surface area contributed by atoms with E-state index in [1.54, 1.807) is 64.2 Å². The molecule has 0 radical (unpaired) electrons. The number of hydrogen-bond donors (Lipinski definition) is 3. The Hall–Kier alpha value is -16.6. The van der Waals surface area contributed by atoms with Crippen LogP contribution in [0.1, 0.15) is 103 Å². The van der Waals surface area contributed by atoms with Gasteiger partial charge in [-0.1, -0.05) is 232 Å². The number of benzene rings is 7. The van der Waals surface area contributed by atoms with Crippen molar-refractivity contribution in [1.82, 2.24) is 69.8 Å². The van der Waals surface area contributed by atoms with Crippen LogP contribution in [0.4, 0.5) is 40.3 Å². The summed E-state index contributed by atoms with van der Waals surface area (Å²) >= 11 is 0. The van der Waals surface area contributed by atoms with Gasteiger partial charge >= 0.3 is 22.8 Å². The number of pyridine rings is 3. The molecule has 1 aliphatic rings. The number of aryl methyl sites for hydroxylation is 1. The van der Waals surface area contributed by atoms with Gasteiger partial charge in [0, 0.05) is 171 Å². The first-order chi connectivity index (χ1) is 67.5. The maximum Gasteiger partial charge on any atom is 0.331 e. The summed E-state index contributed by atoms with van der Waals surface area (Å²) in [5.41, 5.74) is 13.4. The Kier molecular flexibility index (Phi) is 29.2. The summed E-state index contributed by atoms with van der Waals surface area (Å²) in [6.07, 6.45) is 13.8. The van der Waals surface area contributed by atoms with Crippen LogP contribution in [-0.2, 0) is 96.6 Å². The largest absolute Gasteiger partial charge is 0.341 e. The van der Waals surface area contributed by atoms with Crippen LogP contribution in [0.25, 0.3) is 77.4 Å². The number of nitrogens with one attached hydrogen (secondary N) is 3. The van der Waals surface area contributed by atoms with E-state index >= 15 is 0 Å². The molecule has 1 fully saturated rings. The summed E-state index contributed by atoms with van der Waals surface area (Å²) < 4.78 is 19.1. The smallest absolute Gasteiger partial charge is 0.331 e. The maximum atomic E-state index is 13.4. The van der Waals surface area contributed by atoms with Gasteiger partial charge in [-0.15, -0.1) is 0 Å². The van der Waals surface area contributed by atoms with E-state index in [0.29, 0.717) is 108 Å². The highest BCUT2D eigenvalue weighted by atomic mass is 16.2. The van der Waals surface area contributed by atoms with Crippen LogP contribution in [0.5, 0.6) is 0 Å². The van der Waals surface area contributed by atoms with Gasteiger partial charge in [0.1, 0.15) is 45.1 Å². The van der Waals surface area contributed by atoms with Crippen LogP contribution in [0, 0.1) is 23.7 Å². The molecule has 0 unspecified atom stereocenters. The highest BCUT2D eigenvalue weighted by Crippen LogP contribution is 2.36. The van der Waals surface area contributed by atoms with Gasteiger partial charge in [-0.3, -0.25) is 80.3 Å². The van der Waals surface area contributed by atoms with Crippen LogP contribution in [-0.4, -0.2) is 81.6 Å². The molecule has 1 aliphatic heterocycles. The van der Waals surface area contributed by atoms with E-state index in [1.165, 1.54) is 30.9 Å². The van der Waals surface area contributed by atoms with Gasteiger partial charge in [-0.05, 0) is 131 Å². The van der Waals surface area contributed by atoms with Gasteiger partial charge in [-0.25, -0.2) is 24.1 Å². The van der Waals surface area contributed by atoms with Crippen molar-refractivity contribution in [2.75, 3.05) is 20.9 Å². The summed E-state index contributed by atoms with van der Waals surface area (Å²) in [5, 5.41) is 12.2. The van der Waals surface area contributed by atoms with E-state index in [4.69, 9.17) is 0 Å². The molecule has 19 rings (SSSR count). The Labute approximate surface area is 808 Å². The Morgan fingerprint density at radius 2 is 0.586 bits per heavy atom. The Morgan fingerprint density at radius 3 is 0.929 bits per heavy atom. The summed E-state index contributed by atoms with van der Waals surface area (Å²) in [4.78, 5) is 145. The van der Waals surface area contributed by atoms with Gasteiger partial charge in [-0.2, -0.15) is 0 Å². The lowest BCUT2D eigenvalue weighted by molar-refractivity contribution is -0.121. The zero-order valence-electron chi connectivity index (χ0n) is 81.0. The van der Waals surface area contributed by atoms with Crippen molar-refractivity contribution < 1.29 is 9.59 Å². The third-order valence-corrected chi connectivity index (χ3v) is 24.6. The number of amides is 2. The Balaban J connectivity index is 0.000000135.